The maximum absolute atomic E-state index is 11.6. The zero-order valence-corrected chi connectivity index (χ0v) is 9.86. The van der Waals surface area contributed by atoms with Crippen molar-refractivity contribution in [3.05, 3.63) is 29.6 Å². The number of esters is 1. The average Bonchev–Trinajstić information content (AvgIpc) is 2.56. The van der Waals surface area contributed by atoms with Gasteiger partial charge in [0, 0.05) is 18.8 Å². The summed E-state index contributed by atoms with van der Waals surface area (Å²) in [5.41, 5.74) is 1.83. The molecular weight excluding hydrogens is 204 g/mol. The van der Waals surface area contributed by atoms with Gasteiger partial charge in [-0.2, -0.15) is 5.10 Å². The Morgan fingerprint density at radius 2 is 2.31 bits per heavy atom. The van der Waals surface area contributed by atoms with Crippen LogP contribution >= 0.6 is 0 Å². The van der Waals surface area contributed by atoms with Gasteiger partial charge in [0.25, 0.3) is 0 Å². The van der Waals surface area contributed by atoms with E-state index in [-0.39, 0.29) is 18.0 Å². The molecule has 4 nitrogen and oxygen atoms in total. The van der Waals surface area contributed by atoms with E-state index in [0.29, 0.717) is 0 Å². The minimum absolute atomic E-state index is 0.154. The summed E-state index contributed by atoms with van der Waals surface area (Å²) in [5, 5.41) is 4.01. The van der Waals surface area contributed by atoms with Crippen molar-refractivity contribution in [1.82, 2.24) is 9.78 Å². The molecule has 0 bridgehead atoms. The van der Waals surface area contributed by atoms with Gasteiger partial charge in [0.1, 0.15) is 6.61 Å². The number of hydrogen-bond donors (Lipinski definition) is 0. The third-order valence-corrected chi connectivity index (χ3v) is 2.75. The molecule has 0 saturated heterocycles. The summed E-state index contributed by atoms with van der Waals surface area (Å²) in [6, 6.07) is 1.84. The molecule has 16 heavy (non-hydrogen) atoms. The van der Waals surface area contributed by atoms with E-state index >= 15 is 0 Å². The maximum atomic E-state index is 11.6. The summed E-state index contributed by atoms with van der Waals surface area (Å²) in [4.78, 5) is 11.6. The van der Waals surface area contributed by atoms with E-state index in [0.717, 1.165) is 17.7 Å². The molecule has 0 saturated carbocycles. The van der Waals surface area contributed by atoms with E-state index in [1.54, 1.807) is 10.9 Å². The maximum Gasteiger partial charge on any atom is 0.334 e. The summed E-state index contributed by atoms with van der Waals surface area (Å²) >= 11 is 0. The van der Waals surface area contributed by atoms with Crippen molar-refractivity contribution in [2.24, 2.45) is 12.5 Å². The number of allylic oxidation sites excluding steroid dienone is 1. The van der Waals surface area contributed by atoms with E-state index in [2.05, 4.69) is 18.9 Å². The molecule has 1 heterocycles. The van der Waals surface area contributed by atoms with E-state index < -0.39 is 0 Å². The SMILES string of the molecule is Cn1nccc1COC(=O)C1=CC(C)(C)C1. The molecule has 4 heteroatoms. The minimum Gasteiger partial charge on any atom is -0.456 e. The summed E-state index contributed by atoms with van der Waals surface area (Å²) in [6.07, 6.45) is 4.46. The van der Waals surface area contributed by atoms with Crippen molar-refractivity contribution in [2.75, 3.05) is 0 Å². The summed E-state index contributed by atoms with van der Waals surface area (Å²) < 4.78 is 6.90. The van der Waals surface area contributed by atoms with Crippen LogP contribution in [0.4, 0.5) is 0 Å². The van der Waals surface area contributed by atoms with Crippen molar-refractivity contribution in [2.45, 2.75) is 26.9 Å². The zero-order valence-electron chi connectivity index (χ0n) is 9.86. The van der Waals surface area contributed by atoms with Crippen LogP contribution in [-0.4, -0.2) is 15.7 Å². The Hall–Kier alpha value is -1.58. The molecule has 1 aromatic heterocycles. The molecule has 86 valence electrons. The standard InChI is InChI=1S/C12H16N2O2/c1-12(2)6-9(7-12)11(15)16-8-10-4-5-13-14(10)3/h4-6H,7-8H2,1-3H3. The monoisotopic (exact) mass is 220 g/mol. The molecule has 1 aliphatic rings. The molecule has 0 N–H and O–H groups in total. The van der Waals surface area contributed by atoms with Gasteiger partial charge < -0.3 is 4.74 Å². The highest BCUT2D eigenvalue weighted by molar-refractivity contribution is 5.90. The molecule has 0 aromatic carbocycles. The Labute approximate surface area is 94.9 Å². The second-order valence-electron chi connectivity index (χ2n) is 4.86. The molecule has 1 aliphatic carbocycles. The first-order valence-corrected chi connectivity index (χ1v) is 5.34. The Bertz CT molecular complexity index is 444. The first-order valence-electron chi connectivity index (χ1n) is 5.34. The second-order valence-corrected chi connectivity index (χ2v) is 4.86. The number of ether oxygens (including phenoxy) is 1. The smallest absolute Gasteiger partial charge is 0.334 e. The third-order valence-electron chi connectivity index (χ3n) is 2.75. The summed E-state index contributed by atoms with van der Waals surface area (Å²) in [5.74, 6) is -0.208. The van der Waals surface area contributed by atoms with Crippen LogP contribution in [0.15, 0.2) is 23.9 Å². The highest BCUT2D eigenvalue weighted by Crippen LogP contribution is 2.38. The first-order chi connectivity index (χ1) is 7.48. The fourth-order valence-corrected chi connectivity index (χ4v) is 1.84. The topological polar surface area (TPSA) is 44.1 Å². The van der Waals surface area contributed by atoms with Gasteiger partial charge >= 0.3 is 5.97 Å². The minimum atomic E-state index is -0.208. The van der Waals surface area contributed by atoms with Gasteiger partial charge in [-0.3, -0.25) is 4.68 Å². The van der Waals surface area contributed by atoms with Gasteiger partial charge in [0.05, 0.1) is 5.69 Å². The van der Waals surface area contributed by atoms with Gasteiger partial charge in [-0.15, -0.1) is 0 Å². The highest BCUT2D eigenvalue weighted by Gasteiger charge is 2.31. The molecule has 0 unspecified atom stereocenters. The Morgan fingerprint density at radius 1 is 1.62 bits per heavy atom. The van der Waals surface area contributed by atoms with Gasteiger partial charge in [-0.05, 0) is 17.9 Å². The molecule has 0 amide bonds. The van der Waals surface area contributed by atoms with Crippen LogP contribution in [0, 0.1) is 5.41 Å². The van der Waals surface area contributed by atoms with Crippen LogP contribution in [0.2, 0.25) is 0 Å². The number of carbonyl (C=O) groups excluding carboxylic acids is 1. The summed E-state index contributed by atoms with van der Waals surface area (Å²) in [7, 11) is 1.83. The summed E-state index contributed by atoms with van der Waals surface area (Å²) in [6.45, 7) is 4.49. The number of nitrogens with zero attached hydrogens (tertiary/aromatic N) is 2. The van der Waals surface area contributed by atoms with E-state index in [4.69, 9.17) is 4.74 Å². The normalized spacial score (nSPS) is 17.6. The average molecular weight is 220 g/mol. The number of aromatic nitrogens is 2. The molecule has 0 spiro atoms. The lowest BCUT2D eigenvalue weighted by atomic mass is 9.74. The fourth-order valence-electron chi connectivity index (χ4n) is 1.84. The highest BCUT2D eigenvalue weighted by atomic mass is 16.5. The van der Waals surface area contributed by atoms with Crippen LogP contribution < -0.4 is 0 Å². The Morgan fingerprint density at radius 3 is 2.81 bits per heavy atom. The molecule has 0 aliphatic heterocycles. The van der Waals surface area contributed by atoms with Crippen molar-refractivity contribution in [3.63, 3.8) is 0 Å². The molecular formula is C12H16N2O2. The van der Waals surface area contributed by atoms with Gasteiger partial charge in [-0.1, -0.05) is 19.9 Å². The zero-order chi connectivity index (χ0) is 11.8. The first kappa shape index (κ1) is 10.9. The number of carbonyl (C=O) groups is 1. The van der Waals surface area contributed by atoms with Crippen LogP contribution in [0.3, 0.4) is 0 Å². The van der Waals surface area contributed by atoms with Gasteiger partial charge in [0.15, 0.2) is 0 Å². The largest absolute Gasteiger partial charge is 0.456 e. The molecule has 0 atom stereocenters. The number of aryl methyl sites for hydroxylation is 1. The molecule has 0 radical (unpaired) electrons. The lowest BCUT2D eigenvalue weighted by Gasteiger charge is -2.31. The number of hydrogen-bond acceptors (Lipinski definition) is 3. The number of rotatable bonds is 3. The van der Waals surface area contributed by atoms with E-state index in [9.17, 15) is 4.79 Å². The van der Waals surface area contributed by atoms with Crippen LogP contribution in [0.5, 0.6) is 0 Å². The third kappa shape index (κ3) is 2.15. The lowest BCUT2D eigenvalue weighted by Crippen LogP contribution is -2.25. The Balaban J connectivity index is 1.89. The predicted octanol–water partition coefficient (Wildman–Crippen LogP) is 1.82. The molecule has 2 rings (SSSR count). The predicted molar refractivity (Wildman–Crippen MR) is 59.5 cm³/mol. The van der Waals surface area contributed by atoms with Crippen LogP contribution in [-0.2, 0) is 23.2 Å². The van der Waals surface area contributed by atoms with Gasteiger partial charge in [-0.25, -0.2) is 4.79 Å². The van der Waals surface area contributed by atoms with E-state index in [1.807, 2.05) is 19.2 Å². The Kier molecular flexibility index (Phi) is 2.58. The lowest BCUT2D eigenvalue weighted by molar-refractivity contribution is -0.141. The second kappa shape index (κ2) is 3.77. The van der Waals surface area contributed by atoms with Crippen LogP contribution in [0.1, 0.15) is 26.0 Å². The van der Waals surface area contributed by atoms with Gasteiger partial charge in [0.2, 0.25) is 0 Å². The quantitative estimate of drug-likeness (QED) is 0.730. The van der Waals surface area contributed by atoms with Crippen molar-refractivity contribution in [1.29, 1.82) is 0 Å². The van der Waals surface area contributed by atoms with Crippen LogP contribution in [0.25, 0.3) is 0 Å². The fraction of sp³-hybridized carbons (Fsp3) is 0.500. The molecule has 1 aromatic rings. The van der Waals surface area contributed by atoms with E-state index in [1.165, 1.54) is 0 Å². The van der Waals surface area contributed by atoms with Crippen molar-refractivity contribution in [3.8, 4) is 0 Å². The van der Waals surface area contributed by atoms with Crippen molar-refractivity contribution < 1.29 is 9.53 Å². The van der Waals surface area contributed by atoms with Crippen molar-refractivity contribution >= 4 is 5.97 Å². The molecule has 0 fully saturated rings.